The van der Waals surface area contributed by atoms with Crippen LogP contribution in [0.1, 0.15) is 41.8 Å². The summed E-state index contributed by atoms with van der Waals surface area (Å²) in [4.78, 5) is 34.8. The molecular formula is C31H35ClF4N6O3. The van der Waals surface area contributed by atoms with Crippen LogP contribution in [0.5, 0.6) is 0 Å². The van der Waals surface area contributed by atoms with Gasteiger partial charge in [0.1, 0.15) is 11.9 Å². The van der Waals surface area contributed by atoms with E-state index in [1.807, 2.05) is 24.8 Å². The number of rotatable bonds is 8. The monoisotopic (exact) mass is 650 g/mol. The maximum absolute atomic E-state index is 14.5. The van der Waals surface area contributed by atoms with Gasteiger partial charge in [-0.1, -0.05) is 24.6 Å². The van der Waals surface area contributed by atoms with Crippen molar-refractivity contribution in [3.63, 3.8) is 0 Å². The summed E-state index contributed by atoms with van der Waals surface area (Å²) in [6, 6.07) is 5.58. The topological polar surface area (TPSA) is 98.8 Å². The van der Waals surface area contributed by atoms with Crippen LogP contribution in [0, 0.1) is 0 Å². The van der Waals surface area contributed by atoms with Gasteiger partial charge in [-0.3, -0.25) is 14.6 Å². The first-order chi connectivity index (χ1) is 21.5. The molecule has 9 nitrogen and oxygen atoms in total. The lowest BCUT2D eigenvalue weighted by atomic mass is 9.97. The molecule has 3 aliphatic rings. The number of nitrogens with zero attached hydrogens (tertiary/aromatic N) is 3. The van der Waals surface area contributed by atoms with Gasteiger partial charge >= 0.3 is 6.18 Å². The average molecular weight is 651 g/mol. The first kappa shape index (κ1) is 32.7. The number of piperazine rings is 1. The van der Waals surface area contributed by atoms with E-state index >= 15 is 0 Å². The Labute approximate surface area is 263 Å². The number of hydrogen-bond donors (Lipinski definition) is 3. The first-order valence-electron chi connectivity index (χ1n) is 14.8. The minimum atomic E-state index is -4.76. The number of nitrogens with one attached hydrogen (secondary N) is 3. The van der Waals surface area contributed by atoms with E-state index in [0.29, 0.717) is 24.3 Å². The van der Waals surface area contributed by atoms with E-state index in [-0.39, 0.29) is 49.5 Å². The average Bonchev–Trinajstić information content (AvgIpc) is 3.44. The molecule has 3 N–H and O–H groups in total. The number of hydrogen-bond acceptors (Lipinski definition) is 7. The molecule has 0 spiro atoms. The highest BCUT2D eigenvalue weighted by atomic mass is 35.5. The largest absolute Gasteiger partial charge is 0.417 e. The molecule has 0 saturated carbocycles. The minimum absolute atomic E-state index is 0.0970. The second-order valence-corrected chi connectivity index (χ2v) is 11.5. The van der Waals surface area contributed by atoms with Crippen LogP contribution in [0.4, 0.5) is 17.6 Å². The highest BCUT2D eigenvalue weighted by molar-refractivity contribution is 6.30. The quantitative estimate of drug-likeness (QED) is 0.372. The van der Waals surface area contributed by atoms with Gasteiger partial charge in [0.15, 0.2) is 5.72 Å². The van der Waals surface area contributed by atoms with Gasteiger partial charge < -0.3 is 30.5 Å². The lowest BCUT2D eigenvalue weighted by molar-refractivity contribution is -0.138. The summed E-state index contributed by atoms with van der Waals surface area (Å²) in [5.74, 6) is -1.29. The summed E-state index contributed by atoms with van der Waals surface area (Å²) < 4.78 is 62.1. The van der Waals surface area contributed by atoms with Crippen LogP contribution in [0.2, 0.25) is 5.02 Å². The molecule has 0 bridgehead atoms. The second-order valence-electron chi connectivity index (χ2n) is 11.1. The smallest absolute Gasteiger partial charge is 0.363 e. The lowest BCUT2D eigenvalue weighted by Gasteiger charge is -2.46. The van der Waals surface area contributed by atoms with Crippen molar-refractivity contribution in [2.75, 3.05) is 39.3 Å². The summed E-state index contributed by atoms with van der Waals surface area (Å²) in [5.41, 5.74) is -1.53. The molecule has 45 heavy (non-hydrogen) atoms. The van der Waals surface area contributed by atoms with E-state index in [4.69, 9.17) is 16.3 Å². The predicted octanol–water partition coefficient (Wildman–Crippen LogP) is 3.98. The van der Waals surface area contributed by atoms with Crippen molar-refractivity contribution in [2.24, 2.45) is 0 Å². The van der Waals surface area contributed by atoms with Crippen LogP contribution in [0.3, 0.4) is 0 Å². The summed E-state index contributed by atoms with van der Waals surface area (Å²) in [5, 5.41) is 8.88. The van der Waals surface area contributed by atoms with Gasteiger partial charge in [-0.25, -0.2) is 4.39 Å². The molecule has 0 radical (unpaired) electrons. The van der Waals surface area contributed by atoms with Crippen molar-refractivity contribution in [3.05, 3.63) is 88.0 Å². The molecule has 14 heteroatoms. The molecule has 3 aliphatic heterocycles. The fraction of sp³-hybridized carbons (Fsp3) is 0.452. The number of dihydropyridines is 1. The van der Waals surface area contributed by atoms with Gasteiger partial charge in [-0.15, -0.1) is 0 Å². The number of allylic oxidation sites excluding steroid dienone is 1. The fourth-order valence-electron chi connectivity index (χ4n) is 5.97. The Hall–Kier alpha value is -3.68. The van der Waals surface area contributed by atoms with Crippen molar-refractivity contribution in [1.29, 1.82) is 0 Å². The van der Waals surface area contributed by atoms with E-state index in [1.54, 1.807) is 30.6 Å². The van der Waals surface area contributed by atoms with Crippen molar-refractivity contribution in [1.82, 2.24) is 30.7 Å². The molecule has 4 atom stereocenters. The van der Waals surface area contributed by atoms with Crippen LogP contribution in [-0.2, 0) is 21.4 Å². The highest BCUT2D eigenvalue weighted by Crippen LogP contribution is 2.36. The number of halogens is 5. The molecule has 2 amide bonds. The van der Waals surface area contributed by atoms with Gasteiger partial charge in [-0.2, -0.15) is 13.2 Å². The highest BCUT2D eigenvalue weighted by Gasteiger charge is 2.42. The van der Waals surface area contributed by atoms with Crippen LogP contribution >= 0.6 is 11.6 Å². The Morgan fingerprint density at radius 3 is 2.64 bits per heavy atom. The fourth-order valence-corrected chi connectivity index (χ4v) is 6.14. The number of amides is 2. The van der Waals surface area contributed by atoms with Crippen molar-refractivity contribution < 1.29 is 31.9 Å². The van der Waals surface area contributed by atoms with Crippen LogP contribution in [-0.4, -0.2) is 84.2 Å². The SMILES string of the molecule is CCOC1(c2cccnc2)C=CC(N2CCN(C(=O)c3ccc(Cl)cc3C(F)(F)F)C[C@H]2CC)=C(C(=O)N[C@H]2CNC[C@H]2F)N1. The molecule has 2 aromatic rings. The maximum Gasteiger partial charge on any atom is 0.417 e. The summed E-state index contributed by atoms with van der Waals surface area (Å²) in [6.45, 7) is 4.83. The maximum atomic E-state index is 14.5. The Morgan fingerprint density at radius 2 is 2.00 bits per heavy atom. The zero-order valence-electron chi connectivity index (χ0n) is 24.8. The number of carbonyl (C=O) groups excluding carboxylic acids is 2. The van der Waals surface area contributed by atoms with Gasteiger partial charge in [-0.05, 0) is 49.8 Å². The van der Waals surface area contributed by atoms with E-state index in [0.717, 1.165) is 12.1 Å². The molecule has 5 rings (SSSR count). The summed E-state index contributed by atoms with van der Waals surface area (Å²) >= 11 is 5.83. The lowest BCUT2D eigenvalue weighted by Crippen LogP contribution is -2.57. The minimum Gasteiger partial charge on any atom is -0.363 e. The second kappa shape index (κ2) is 13.4. The van der Waals surface area contributed by atoms with E-state index in [1.165, 1.54) is 11.0 Å². The zero-order chi connectivity index (χ0) is 32.4. The summed E-state index contributed by atoms with van der Waals surface area (Å²) in [7, 11) is 0. The number of alkyl halides is 4. The number of aromatic nitrogens is 1. The van der Waals surface area contributed by atoms with E-state index in [2.05, 4.69) is 20.9 Å². The molecule has 1 aromatic carbocycles. The standard InChI is InChI=1S/C31H35ClF4N6O3/c1-3-21-18-41(29(44)22-8-7-20(32)14-23(22)31(34,35)36)12-13-42(21)26-9-10-30(45-4-2,19-6-5-11-37-15-19)40-27(26)28(43)39-25-17-38-16-24(25)33/h5-11,14-15,21,24-25,38,40H,3-4,12-13,16-18H2,1-2H3,(H,39,43)/t21-,24-,25+,30?/m1/s1. The van der Waals surface area contributed by atoms with Gasteiger partial charge in [0, 0.05) is 68.4 Å². The van der Waals surface area contributed by atoms with Crippen molar-refractivity contribution >= 4 is 23.4 Å². The molecule has 242 valence electrons. The molecular weight excluding hydrogens is 616 g/mol. The zero-order valence-corrected chi connectivity index (χ0v) is 25.6. The Morgan fingerprint density at radius 1 is 1.20 bits per heavy atom. The third-order valence-electron chi connectivity index (χ3n) is 8.26. The van der Waals surface area contributed by atoms with Gasteiger partial charge in [0.05, 0.1) is 22.9 Å². The Balaban J connectivity index is 1.47. The molecule has 1 unspecified atom stereocenters. The number of pyridine rings is 1. The van der Waals surface area contributed by atoms with Crippen LogP contribution in [0.25, 0.3) is 0 Å². The van der Waals surface area contributed by atoms with Gasteiger partial charge in [0.25, 0.3) is 11.8 Å². The summed E-state index contributed by atoms with van der Waals surface area (Å²) in [6.07, 6.45) is 1.27. The molecule has 4 heterocycles. The number of carbonyl (C=O) groups is 2. The number of ether oxygens (including phenoxy) is 1. The van der Waals surface area contributed by atoms with Crippen LogP contribution < -0.4 is 16.0 Å². The molecule has 0 aliphatic carbocycles. The van der Waals surface area contributed by atoms with Crippen molar-refractivity contribution in [2.45, 2.75) is 50.4 Å². The molecule has 1 aromatic heterocycles. The normalized spacial score (nSPS) is 25.4. The molecule has 2 saturated heterocycles. The third kappa shape index (κ3) is 6.80. The predicted molar refractivity (Wildman–Crippen MR) is 160 cm³/mol. The Bertz CT molecular complexity index is 1470. The van der Waals surface area contributed by atoms with Crippen molar-refractivity contribution in [3.8, 4) is 0 Å². The van der Waals surface area contributed by atoms with Crippen LogP contribution in [0.15, 0.2) is 66.3 Å². The molecule has 2 fully saturated rings. The third-order valence-corrected chi connectivity index (χ3v) is 8.49. The van der Waals surface area contributed by atoms with E-state index in [9.17, 15) is 27.2 Å². The number of benzene rings is 1. The first-order valence-corrected chi connectivity index (χ1v) is 15.2. The van der Waals surface area contributed by atoms with E-state index < -0.39 is 47.1 Å². The Kier molecular flexibility index (Phi) is 9.71. The van der Waals surface area contributed by atoms with Gasteiger partial charge in [0.2, 0.25) is 0 Å².